The number of carbonyl (C=O) groups excluding carboxylic acids is 1. The molecule has 1 aliphatic heterocycles. The number of benzene rings is 2. The Morgan fingerprint density at radius 2 is 1.74 bits per heavy atom. The van der Waals surface area contributed by atoms with E-state index in [4.69, 9.17) is 15.2 Å². The van der Waals surface area contributed by atoms with Crippen LogP contribution in [0, 0.1) is 29.1 Å². The SMILES string of the molecule is CC(C)[C@@H]1CC[C@@H](C)C[C@H]1OC(=O)C1=C(N)OC(c2ccccc2)=C(C#N)[C@H]1c1ccccc1. The largest absolute Gasteiger partial charge is 0.459 e. The molecule has 1 heterocycles. The van der Waals surface area contributed by atoms with Crippen molar-refractivity contribution in [3.8, 4) is 6.07 Å². The summed E-state index contributed by atoms with van der Waals surface area (Å²) in [6.07, 6.45) is 2.82. The van der Waals surface area contributed by atoms with Gasteiger partial charge in [0, 0.05) is 5.56 Å². The first-order chi connectivity index (χ1) is 16.4. The smallest absolute Gasteiger partial charge is 0.340 e. The standard InChI is InChI=1S/C29H32N2O3/c1-18(2)22-15-14-19(3)16-24(22)33-29(32)26-25(20-10-6-4-7-11-20)23(17-30)27(34-28(26)31)21-12-8-5-9-13-21/h4-13,18-19,22,24-25H,14-16,31H2,1-3H3/t19-,22+,24-,25-/m1/s1. The number of nitrogens with two attached hydrogens (primary N) is 1. The van der Waals surface area contributed by atoms with Crippen molar-refractivity contribution in [3.05, 3.63) is 88.8 Å². The quantitative estimate of drug-likeness (QED) is 0.565. The molecule has 0 saturated heterocycles. The van der Waals surface area contributed by atoms with Gasteiger partial charge in [0.15, 0.2) is 5.76 Å². The molecule has 1 aliphatic carbocycles. The van der Waals surface area contributed by atoms with E-state index in [9.17, 15) is 10.1 Å². The lowest BCUT2D eigenvalue weighted by molar-refractivity contribution is -0.151. The Bertz CT molecular complexity index is 1130. The fraction of sp³-hybridized carbons (Fsp3) is 0.379. The second kappa shape index (κ2) is 10.2. The molecule has 2 aliphatic rings. The summed E-state index contributed by atoms with van der Waals surface area (Å²) in [5.74, 6) is 0.387. The Kier molecular flexibility index (Phi) is 7.07. The molecule has 34 heavy (non-hydrogen) atoms. The first-order valence-corrected chi connectivity index (χ1v) is 12.0. The van der Waals surface area contributed by atoms with Crippen LogP contribution in [0.25, 0.3) is 5.76 Å². The fourth-order valence-electron chi connectivity index (χ4n) is 5.21. The van der Waals surface area contributed by atoms with Crippen LogP contribution < -0.4 is 5.73 Å². The molecule has 0 aromatic heterocycles. The Hall–Kier alpha value is -3.52. The summed E-state index contributed by atoms with van der Waals surface area (Å²) in [6, 6.07) is 21.1. The second-order valence-corrected chi connectivity index (χ2v) is 9.71. The molecule has 5 heteroatoms. The summed E-state index contributed by atoms with van der Waals surface area (Å²) in [5, 5.41) is 10.2. The summed E-state index contributed by atoms with van der Waals surface area (Å²) >= 11 is 0. The molecule has 0 spiro atoms. The zero-order valence-corrected chi connectivity index (χ0v) is 20.0. The van der Waals surface area contributed by atoms with E-state index in [0.717, 1.165) is 30.4 Å². The summed E-state index contributed by atoms with van der Waals surface area (Å²) < 4.78 is 12.1. The molecule has 4 atom stereocenters. The van der Waals surface area contributed by atoms with E-state index in [0.29, 0.717) is 29.1 Å². The number of hydrogen-bond acceptors (Lipinski definition) is 5. The van der Waals surface area contributed by atoms with E-state index >= 15 is 0 Å². The molecular weight excluding hydrogens is 424 g/mol. The van der Waals surface area contributed by atoms with Crippen LogP contribution in [0.15, 0.2) is 77.7 Å². The minimum atomic E-state index is -0.666. The predicted octanol–water partition coefficient (Wildman–Crippen LogP) is 5.91. The molecule has 0 unspecified atom stereocenters. The van der Waals surface area contributed by atoms with Crippen LogP contribution in [-0.2, 0) is 14.3 Å². The minimum absolute atomic E-state index is 0.0124. The van der Waals surface area contributed by atoms with Gasteiger partial charge in [0.1, 0.15) is 11.7 Å². The molecule has 0 radical (unpaired) electrons. The van der Waals surface area contributed by atoms with Gasteiger partial charge in [-0.3, -0.25) is 0 Å². The van der Waals surface area contributed by atoms with Crippen LogP contribution in [0.4, 0.5) is 0 Å². The lowest BCUT2D eigenvalue weighted by atomic mass is 9.75. The van der Waals surface area contributed by atoms with Gasteiger partial charge >= 0.3 is 5.97 Å². The average Bonchev–Trinajstić information content (AvgIpc) is 2.84. The number of hydrogen-bond donors (Lipinski definition) is 1. The second-order valence-electron chi connectivity index (χ2n) is 9.71. The molecule has 2 aromatic rings. The van der Waals surface area contributed by atoms with E-state index in [-0.39, 0.29) is 17.6 Å². The van der Waals surface area contributed by atoms with Crippen LogP contribution in [0.1, 0.15) is 57.1 Å². The molecule has 0 bridgehead atoms. The van der Waals surface area contributed by atoms with Gasteiger partial charge in [0.05, 0.1) is 17.6 Å². The van der Waals surface area contributed by atoms with Gasteiger partial charge in [-0.1, -0.05) is 87.9 Å². The van der Waals surface area contributed by atoms with Crippen LogP contribution in [0.5, 0.6) is 0 Å². The van der Waals surface area contributed by atoms with Gasteiger partial charge in [0.2, 0.25) is 5.88 Å². The van der Waals surface area contributed by atoms with Gasteiger partial charge in [0.25, 0.3) is 0 Å². The topological polar surface area (TPSA) is 85.3 Å². The number of nitriles is 1. The maximum atomic E-state index is 13.7. The highest BCUT2D eigenvalue weighted by atomic mass is 16.5. The third kappa shape index (κ3) is 4.72. The number of nitrogens with zero attached hydrogens (tertiary/aromatic N) is 1. The maximum Gasteiger partial charge on any atom is 0.340 e. The summed E-state index contributed by atoms with van der Waals surface area (Å²) in [4.78, 5) is 13.7. The van der Waals surface area contributed by atoms with Crippen molar-refractivity contribution in [2.45, 2.75) is 52.1 Å². The third-order valence-electron chi connectivity index (χ3n) is 7.03. The highest BCUT2D eigenvalue weighted by Gasteiger charge is 2.40. The first kappa shape index (κ1) is 23.6. The van der Waals surface area contributed by atoms with Crippen molar-refractivity contribution in [1.82, 2.24) is 0 Å². The van der Waals surface area contributed by atoms with Crippen molar-refractivity contribution < 1.29 is 14.3 Å². The van der Waals surface area contributed by atoms with Crippen molar-refractivity contribution in [2.24, 2.45) is 23.5 Å². The van der Waals surface area contributed by atoms with Gasteiger partial charge < -0.3 is 15.2 Å². The lowest BCUT2D eigenvalue weighted by Crippen LogP contribution is -2.37. The summed E-state index contributed by atoms with van der Waals surface area (Å²) in [6.45, 7) is 6.55. The number of rotatable bonds is 5. The van der Waals surface area contributed by atoms with Crippen LogP contribution in [-0.4, -0.2) is 12.1 Å². The van der Waals surface area contributed by atoms with E-state index in [1.807, 2.05) is 60.7 Å². The zero-order valence-electron chi connectivity index (χ0n) is 20.0. The number of ether oxygens (including phenoxy) is 2. The van der Waals surface area contributed by atoms with Crippen molar-refractivity contribution in [3.63, 3.8) is 0 Å². The van der Waals surface area contributed by atoms with Gasteiger partial charge in [-0.05, 0) is 36.2 Å². The Morgan fingerprint density at radius 3 is 2.35 bits per heavy atom. The lowest BCUT2D eigenvalue weighted by Gasteiger charge is -2.37. The maximum absolute atomic E-state index is 13.7. The predicted molar refractivity (Wildman–Crippen MR) is 132 cm³/mol. The van der Waals surface area contributed by atoms with Crippen LogP contribution in [0.3, 0.4) is 0 Å². The molecule has 0 amide bonds. The van der Waals surface area contributed by atoms with Crippen molar-refractivity contribution in [2.75, 3.05) is 0 Å². The number of carbonyl (C=O) groups is 1. The van der Waals surface area contributed by atoms with E-state index < -0.39 is 11.9 Å². The molecule has 1 saturated carbocycles. The minimum Gasteiger partial charge on any atom is -0.459 e. The number of esters is 1. The zero-order chi connectivity index (χ0) is 24.2. The Labute approximate surface area is 201 Å². The molecule has 2 aromatic carbocycles. The van der Waals surface area contributed by atoms with Crippen LogP contribution >= 0.6 is 0 Å². The van der Waals surface area contributed by atoms with Gasteiger partial charge in [-0.2, -0.15) is 5.26 Å². The average molecular weight is 457 g/mol. The van der Waals surface area contributed by atoms with Crippen molar-refractivity contribution >= 4 is 11.7 Å². The third-order valence-corrected chi connectivity index (χ3v) is 7.03. The van der Waals surface area contributed by atoms with Crippen LogP contribution in [0.2, 0.25) is 0 Å². The highest BCUT2D eigenvalue weighted by Crippen LogP contribution is 2.43. The molecular formula is C29H32N2O3. The molecule has 2 N–H and O–H groups in total. The first-order valence-electron chi connectivity index (χ1n) is 12.0. The van der Waals surface area contributed by atoms with Gasteiger partial charge in [-0.15, -0.1) is 0 Å². The fourth-order valence-corrected chi connectivity index (χ4v) is 5.21. The molecule has 176 valence electrons. The van der Waals surface area contributed by atoms with E-state index in [2.05, 4.69) is 26.8 Å². The number of allylic oxidation sites excluding steroid dienone is 1. The van der Waals surface area contributed by atoms with E-state index in [1.165, 1.54) is 0 Å². The molecule has 1 fully saturated rings. The van der Waals surface area contributed by atoms with Crippen molar-refractivity contribution in [1.29, 1.82) is 5.26 Å². The van der Waals surface area contributed by atoms with Gasteiger partial charge in [-0.25, -0.2) is 4.79 Å². The monoisotopic (exact) mass is 456 g/mol. The summed E-state index contributed by atoms with van der Waals surface area (Å²) in [7, 11) is 0. The highest BCUT2D eigenvalue weighted by molar-refractivity contribution is 5.94. The molecule has 5 nitrogen and oxygen atoms in total. The Balaban J connectivity index is 1.75. The normalized spacial score (nSPS) is 25.0. The molecule has 4 rings (SSSR count). The van der Waals surface area contributed by atoms with E-state index in [1.54, 1.807) is 0 Å². The Morgan fingerprint density at radius 1 is 1.09 bits per heavy atom. The summed E-state index contributed by atoms with van der Waals surface area (Å²) in [5.41, 5.74) is 8.46.